The maximum absolute atomic E-state index is 12.6. The molecule has 2 unspecified atom stereocenters. The highest BCUT2D eigenvalue weighted by molar-refractivity contribution is 7.47. The monoisotopic (exact) mass is 850 g/mol. The first-order valence-electron chi connectivity index (χ1n) is 23.8. The van der Waals surface area contributed by atoms with Gasteiger partial charge in [-0.3, -0.25) is 18.6 Å². The largest absolute Gasteiger partial charge is 0.472 e. The second kappa shape index (κ2) is 45.2. The van der Waals surface area contributed by atoms with Crippen molar-refractivity contribution >= 4 is 19.8 Å². The third-order valence-corrected chi connectivity index (χ3v) is 10.9. The van der Waals surface area contributed by atoms with Gasteiger partial charge in [-0.05, 0) is 57.8 Å². The fourth-order valence-electron chi connectivity index (χ4n) is 6.43. The lowest BCUT2D eigenvalue weighted by Gasteiger charge is -2.19. The highest BCUT2D eigenvalue weighted by Crippen LogP contribution is 2.43. The van der Waals surface area contributed by atoms with Gasteiger partial charge in [0.1, 0.15) is 6.61 Å². The van der Waals surface area contributed by atoms with Crippen molar-refractivity contribution in [2.45, 2.75) is 213 Å². The van der Waals surface area contributed by atoms with Crippen molar-refractivity contribution in [1.82, 2.24) is 0 Å². The molecule has 0 rings (SSSR count). The third kappa shape index (κ3) is 45.1. The van der Waals surface area contributed by atoms with E-state index in [1.54, 1.807) is 0 Å². The summed E-state index contributed by atoms with van der Waals surface area (Å²) in [5, 5.41) is 0. The fraction of sp³-hybridized carbons (Fsp3) is 0.755. The van der Waals surface area contributed by atoms with E-state index in [-0.39, 0.29) is 38.6 Å². The average molecular weight is 850 g/mol. The van der Waals surface area contributed by atoms with Crippen LogP contribution in [0.1, 0.15) is 206 Å². The number of ether oxygens (including phenoxy) is 2. The lowest BCUT2D eigenvalue weighted by atomic mass is 10.0. The minimum Gasteiger partial charge on any atom is -0.462 e. The number of hydrogen-bond donors (Lipinski definition) is 2. The van der Waals surface area contributed by atoms with Crippen LogP contribution in [0.2, 0.25) is 0 Å². The molecule has 0 aliphatic rings. The zero-order chi connectivity index (χ0) is 43.2. The number of allylic oxidation sites excluding steroid dienone is 10. The van der Waals surface area contributed by atoms with Gasteiger partial charge in [0.05, 0.1) is 13.2 Å². The molecule has 0 saturated heterocycles. The smallest absolute Gasteiger partial charge is 0.462 e. The first-order valence-corrected chi connectivity index (χ1v) is 25.3. The predicted octanol–water partition coefficient (Wildman–Crippen LogP) is 14.1. The van der Waals surface area contributed by atoms with E-state index < -0.39 is 26.5 Å². The van der Waals surface area contributed by atoms with E-state index in [0.29, 0.717) is 6.42 Å². The van der Waals surface area contributed by atoms with Crippen molar-refractivity contribution in [3.63, 3.8) is 0 Å². The molecule has 342 valence electrons. The van der Waals surface area contributed by atoms with Gasteiger partial charge < -0.3 is 20.1 Å². The molecule has 0 aliphatic heterocycles. The van der Waals surface area contributed by atoms with Gasteiger partial charge in [-0.1, -0.05) is 197 Å². The Balaban J connectivity index is 4.07. The Morgan fingerprint density at radius 3 is 1.39 bits per heavy atom. The predicted molar refractivity (Wildman–Crippen MR) is 247 cm³/mol. The van der Waals surface area contributed by atoms with E-state index >= 15 is 0 Å². The summed E-state index contributed by atoms with van der Waals surface area (Å²) < 4.78 is 32.8. The van der Waals surface area contributed by atoms with Crippen LogP contribution in [0.15, 0.2) is 60.8 Å². The van der Waals surface area contributed by atoms with Crippen molar-refractivity contribution in [3.05, 3.63) is 60.8 Å². The molecule has 0 bridgehead atoms. The Morgan fingerprint density at radius 2 is 0.932 bits per heavy atom. The molecule has 2 atom stereocenters. The summed E-state index contributed by atoms with van der Waals surface area (Å²) in [5.41, 5.74) is 5.35. The standard InChI is InChI=1S/C49H88NO8P/c1-3-5-7-9-11-13-15-17-18-19-20-21-22-23-24-25-26-27-28-30-32-34-36-38-40-42-49(52)58-47(46-57-59(53,54)56-44-43-50)45-55-48(51)41-39-37-35-33-31-29-16-14-12-10-8-6-4-2/h5,7,11,13,17-18,20-21,23-24,47H,3-4,6,8-10,12,14-16,19,22,25-46,50H2,1-2H3,(H,53,54)/b7-5-,13-11-,18-17-,21-20-,24-23-. The molecule has 0 aromatic rings. The lowest BCUT2D eigenvalue weighted by molar-refractivity contribution is -0.161. The molecule has 9 nitrogen and oxygen atoms in total. The Morgan fingerprint density at radius 1 is 0.525 bits per heavy atom. The van der Waals surface area contributed by atoms with Crippen molar-refractivity contribution in [1.29, 1.82) is 0 Å². The molecule has 59 heavy (non-hydrogen) atoms. The molecule has 0 heterocycles. The van der Waals surface area contributed by atoms with Crippen molar-refractivity contribution in [2.24, 2.45) is 5.73 Å². The number of hydrogen-bond acceptors (Lipinski definition) is 8. The molecule has 0 spiro atoms. The first-order chi connectivity index (χ1) is 28.8. The molecule has 0 fully saturated rings. The second-order valence-electron chi connectivity index (χ2n) is 15.6. The van der Waals surface area contributed by atoms with Crippen molar-refractivity contribution in [2.75, 3.05) is 26.4 Å². The topological polar surface area (TPSA) is 134 Å². The van der Waals surface area contributed by atoms with Gasteiger partial charge >= 0.3 is 19.8 Å². The van der Waals surface area contributed by atoms with Crippen molar-refractivity contribution < 1.29 is 37.6 Å². The number of nitrogens with two attached hydrogens (primary N) is 1. The van der Waals surface area contributed by atoms with Gasteiger partial charge in [-0.2, -0.15) is 0 Å². The minimum atomic E-state index is -4.38. The van der Waals surface area contributed by atoms with Crippen LogP contribution in [0.25, 0.3) is 0 Å². The van der Waals surface area contributed by atoms with Crippen LogP contribution in [-0.4, -0.2) is 49.3 Å². The Labute approximate surface area is 361 Å². The highest BCUT2D eigenvalue weighted by Gasteiger charge is 2.26. The maximum Gasteiger partial charge on any atom is 0.472 e. The number of esters is 2. The molecule has 0 aromatic heterocycles. The summed E-state index contributed by atoms with van der Waals surface area (Å²) in [6, 6.07) is 0. The first kappa shape index (κ1) is 56.7. The summed E-state index contributed by atoms with van der Waals surface area (Å²) in [5.74, 6) is -0.833. The van der Waals surface area contributed by atoms with Gasteiger partial charge in [0, 0.05) is 19.4 Å². The number of phosphoric acid groups is 1. The van der Waals surface area contributed by atoms with Crippen molar-refractivity contribution in [3.8, 4) is 0 Å². The second-order valence-corrected chi connectivity index (χ2v) is 17.1. The zero-order valence-electron chi connectivity index (χ0n) is 37.7. The number of carbonyl (C=O) groups excluding carboxylic acids is 2. The van der Waals surface area contributed by atoms with Gasteiger partial charge in [0.2, 0.25) is 0 Å². The summed E-state index contributed by atoms with van der Waals surface area (Å²) >= 11 is 0. The van der Waals surface area contributed by atoms with Gasteiger partial charge in [0.25, 0.3) is 0 Å². The number of rotatable bonds is 44. The van der Waals surface area contributed by atoms with Crippen LogP contribution in [0.5, 0.6) is 0 Å². The summed E-state index contributed by atoms with van der Waals surface area (Å²) in [4.78, 5) is 34.9. The molecule has 0 radical (unpaired) electrons. The quantitative estimate of drug-likeness (QED) is 0.0266. The molecule has 3 N–H and O–H groups in total. The molecule has 0 amide bonds. The number of unbranched alkanes of at least 4 members (excludes halogenated alkanes) is 21. The number of phosphoric ester groups is 1. The molecule has 0 aliphatic carbocycles. The maximum atomic E-state index is 12.6. The molecular formula is C49H88NO8P. The van der Waals surface area contributed by atoms with Crippen LogP contribution in [-0.2, 0) is 32.7 Å². The molecular weight excluding hydrogens is 762 g/mol. The van der Waals surface area contributed by atoms with E-state index in [4.69, 9.17) is 24.3 Å². The van der Waals surface area contributed by atoms with E-state index in [0.717, 1.165) is 77.0 Å². The van der Waals surface area contributed by atoms with E-state index in [9.17, 15) is 19.0 Å². The summed E-state index contributed by atoms with van der Waals surface area (Å²) in [7, 11) is -4.38. The molecule has 0 saturated carbocycles. The Hall–Kier alpha value is -2.29. The normalized spacial score (nSPS) is 13.8. The molecule has 0 aromatic carbocycles. The summed E-state index contributed by atoms with van der Waals surface area (Å²) in [6.45, 7) is 3.62. The number of carbonyl (C=O) groups is 2. The van der Waals surface area contributed by atoms with Gasteiger partial charge in [-0.15, -0.1) is 0 Å². The average Bonchev–Trinajstić information content (AvgIpc) is 3.22. The highest BCUT2D eigenvalue weighted by atomic mass is 31.2. The fourth-order valence-corrected chi connectivity index (χ4v) is 7.19. The SMILES string of the molecule is CC/C=C\C/C=C\C/C=C\C/C=C\C/C=C\CCCCCCCCCCCC(=O)OC(COC(=O)CCCCCCCCCCCCCCC)COP(=O)(O)OCCN. The van der Waals surface area contributed by atoms with E-state index in [1.165, 1.54) is 96.3 Å². The van der Waals surface area contributed by atoms with Crippen LogP contribution in [0, 0.1) is 0 Å². The van der Waals surface area contributed by atoms with Gasteiger partial charge in [0.15, 0.2) is 6.10 Å². The molecule has 10 heteroatoms. The van der Waals surface area contributed by atoms with E-state index in [1.807, 2.05) is 0 Å². The lowest BCUT2D eigenvalue weighted by Crippen LogP contribution is -2.29. The van der Waals surface area contributed by atoms with E-state index in [2.05, 4.69) is 74.6 Å². The Kier molecular flexibility index (Phi) is 43.5. The van der Waals surface area contributed by atoms with Gasteiger partial charge in [-0.25, -0.2) is 4.57 Å². The third-order valence-electron chi connectivity index (χ3n) is 9.92. The van der Waals surface area contributed by atoms with Crippen LogP contribution >= 0.6 is 7.82 Å². The summed E-state index contributed by atoms with van der Waals surface area (Å²) in [6.07, 6.45) is 53.9. The van der Waals surface area contributed by atoms with Crippen LogP contribution in [0.3, 0.4) is 0 Å². The van der Waals surface area contributed by atoms with Crippen LogP contribution < -0.4 is 5.73 Å². The zero-order valence-corrected chi connectivity index (χ0v) is 38.6. The Bertz CT molecular complexity index is 1150. The minimum absolute atomic E-state index is 0.0511. The van der Waals surface area contributed by atoms with Crippen LogP contribution in [0.4, 0.5) is 0 Å².